The number of aliphatic imine (C=N–C) groups is 1. The van der Waals surface area contributed by atoms with Gasteiger partial charge in [-0.05, 0) is 84.7 Å². The number of pyridine rings is 1. The number of benzene rings is 3. The van der Waals surface area contributed by atoms with E-state index in [4.69, 9.17) is 9.47 Å². The molecule has 55 heavy (non-hydrogen) atoms. The third kappa shape index (κ3) is 8.73. The minimum Gasteiger partial charge on any atom is -0.493 e. The Morgan fingerprint density at radius 2 is 1.78 bits per heavy atom. The lowest BCUT2D eigenvalue weighted by molar-refractivity contribution is -0.116. The summed E-state index contributed by atoms with van der Waals surface area (Å²) >= 11 is 0. The Hall–Kier alpha value is -5.53. The number of para-hydroxylation sites is 1. The van der Waals surface area contributed by atoms with Crippen LogP contribution in [0.3, 0.4) is 0 Å². The van der Waals surface area contributed by atoms with E-state index < -0.39 is 0 Å². The molecule has 1 atom stereocenters. The normalized spacial score (nSPS) is 14.4. The number of aromatic nitrogens is 2. The van der Waals surface area contributed by atoms with Gasteiger partial charge in [-0.15, -0.1) is 0 Å². The maximum Gasteiger partial charge on any atom is 0.267 e. The fourth-order valence-corrected chi connectivity index (χ4v) is 8.57. The van der Waals surface area contributed by atoms with E-state index in [2.05, 4.69) is 34.5 Å². The zero-order valence-electron chi connectivity index (χ0n) is 31.1. The molecule has 2 aromatic heterocycles. The molecule has 3 amide bonds. The summed E-state index contributed by atoms with van der Waals surface area (Å²) in [5, 5.41) is 6.96. The molecule has 0 saturated heterocycles. The van der Waals surface area contributed by atoms with Crippen molar-refractivity contribution in [1.29, 1.82) is 0 Å². The van der Waals surface area contributed by atoms with Crippen molar-refractivity contribution >= 4 is 62.6 Å². The van der Waals surface area contributed by atoms with Gasteiger partial charge in [-0.1, -0.05) is 47.2 Å². The van der Waals surface area contributed by atoms with Gasteiger partial charge in [0.05, 0.1) is 31.0 Å². The van der Waals surface area contributed by atoms with Crippen LogP contribution in [0.2, 0.25) is 0 Å². The van der Waals surface area contributed by atoms with Crippen LogP contribution in [0.1, 0.15) is 53.1 Å². The predicted octanol–water partition coefficient (Wildman–Crippen LogP) is 8.13. The first kappa shape index (κ1) is 37.8. The second-order valence-corrected chi connectivity index (χ2v) is 16.8. The van der Waals surface area contributed by atoms with Crippen molar-refractivity contribution < 1.29 is 23.9 Å². The number of ether oxygens (including phenoxy) is 2. The predicted molar refractivity (Wildman–Crippen MR) is 220 cm³/mol. The Bertz CT molecular complexity index is 2240. The highest BCUT2D eigenvalue weighted by atomic mass is 33.1. The third-order valence-corrected chi connectivity index (χ3v) is 12.5. The van der Waals surface area contributed by atoms with Crippen LogP contribution in [0.25, 0.3) is 11.1 Å². The molecule has 7 rings (SSSR count). The first-order valence-electron chi connectivity index (χ1n) is 18.0. The first-order chi connectivity index (χ1) is 26.6. The number of hydrogen-bond acceptors (Lipinski definition) is 9. The van der Waals surface area contributed by atoms with E-state index in [0.29, 0.717) is 53.5 Å². The van der Waals surface area contributed by atoms with E-state index >= 15 is 0 Å². The highest BCUT2D eigenvalue weighted by molar-refractivity contribution is 8.77. The fraction of sp³-hybridized carbons (Fsp3) is 0.262. The molecule has 0 aliphatic carbocycles. The maximum absolute atomic E-state index is 13.7. The highest BCUT2D eigenvalue weighted by Gasteiger charge is 2.36. The molecule has 1 unspecified atom stereocenters. The van der Waals surface area contributed by atoms with Crippen molar-refractivity contribution in [2.75, 3.05) is 30.5 Å². The van der Waals surface area contributed by atoms with E-state index in [1.807, 2.05) is 96.8 Å². The Labute approximate surface area is 328 Å². The molecule has 0 spiro atoms. The van der Waals surface area contributed by atoms with Gasteiger partial charge in [0.15, 0.2) is 11.5 Å². The van der Waals surface area contributed by atoms with E-state index in [-0.39, 0.29) is 41.5 Å². The lowest BCUT2D eigenvalue weighted by atomic mass is 10.1. The number of anilines is 2. The van der Waals surface area contributed by atoms with Crippen LogP contribution in [0.4, 0.5) is 17.1 Å². The molecule has 11 nitrogen and oxygen atoms in total. The van der Waals surface area contributed by atoms with Crippen LogP contribution in [0.15, 0.2) is 107 Å². The average Bonchev–Trinajstić information content (AvgIpc) is 3.74. The molecule has 5 aromatic rings. The molecule has 4 heterocycles. The van der Waals surface area contributed by atoms with E-state index in [9.17, 15) is 14.4 Å². The molecule has 0 saturated carbocycles. The molecule has 3 aromatic carbocycles. The number of hydrogen-bond donors (Lipinski definition) is 2. The first-order valence-corrected chi connectivity index (χ1v) is 20.2. The van der Waals surface area contributed by atoms with Crippen LogP contribution in [-0.2, 0) is 18.3 Å². The van der Waals surface area contributed by atoms with Gasteiger partial charge >= 0.3 is 0 Å². The summed E-state index contributed by atoms with van der Waals surface area (Å²) in [4.78, 5) is 50.4. The maximum atomic E-state index is 13.7. The van der Waals surface area contributed by atoms with Gasteiger partial charge in [0.1, 0.15) is 10.7 Å². The lowest BCUT2D eigenvalue weighted by Gasteiger charge is -2.23. The number of carbonyl (C=O) groups is 3. The van der Waals surface area contributed by atoms with Gasteiger partial charge in [-0.25, -0.2) is 4.98 Å². The number of rotatable bonds is 14. The Balaban J connectivity index is 0.886. The summed E-state index contributed by atoms with van der Waals surface area (Å²) in [5.74, 6) is 0.479. The van der Waals surface area contributed by atoms with Crippen LogP contribution in [-0.4, -0.2) is 64.5 Å². The average molecular weight is 775 g/mol. The van der Waals surface area contributed by atoms with Crippen molar-refractivity contribution in [2.45, 2.75) is 48.9 Å². The SMILES string of the molecule is COc1cc2c(cc1OCCCC(=O)Nc1ccc(-c3cc(C(=O)NCC(C)(C)SSc4ccccn4)n(C)c3)cc1)N=CC1Cc3ccccc3N1C2=O. The second-order valence-electron chi connectivity index (χ2n) is 14.0. The van der Waals surface area contributed by atoms with E-state index in [1.165, 1.54) is 7.11 Å². The summed E-state index contributed by atoms with van der Waals surface area (Å²) < 4.78 is 13.2. The smallest absolute Gasteiger partial charge is 0.267 e. The Kier molecular flexibility index (Phi) is 11.3. The van der Waals surface area contributed by atoms with Crippen molar-refractivity contribution in [1.82, 2.24) is 14.9 Å². The number of nitrogens with one attached hydrogen (secondary N) is 2. The van der Waals surface area contributed by atoms with E-state index in [1.54, 1.807) is 44.8 Å². The quantitative estimate of drug-likeness (QED) is 0.0856. The second kappa shape index (κ2) is 16.5. The molecule has 0 fully saturated rings. The standard InChI is InChI=1S/C42H42N6O5S2/c1-42(2,55-54-39-13-7-8-18-43-39)26-45-40(50)35-21-29(25-47(35)3)27-14-16-30(17-15-27)46-38(49)12-9-19-53-37-23-33-32(22-36(37)52-4)41(51)48-31(24-44-33)20-28-10-5-6-11-34(28)48/h5-8,10-11,13-18,21-25,31H,9,12,19-20,26H2,1-4H3,(H,45,50)(H,46,49). The molecular formula is C42H42N6O5S2. The number of amides is 3. The van der Waals surface area contributed by atoms with Crippen LogP contribution >= 0.6 is 21.6 Å². The minimum absolute atomic E-state index is 0.129. The summed E-state index contributed by atoms with van der Waals surface area (Å²) in [5.41, 5.74) is 6.05. The van der Waals surface area contributed by atoms with Gasteiger partial charge < -0.3 is 24.7 Å². The Morgan fingerprint density at radius 1 is 0.982 bits per heavy atom. The summed E-state index contributed by atoms with van der Waals surface area (Å²) in [6.07, 6.45) is 6.94. The van der Waals surface area contributed by atoms with Crippen LogP contribution in [0.5, 0.6) is 11.5 Å². The third-order valence-electron chi connectivity index (χ3n) is 9.34. The van der Waals surface area contributed by atoms with Gasteiger partial charge in [0.2, 0.25) is 5.91 Å². The summed E-state index contributed by atoms with van der Waals surface area (Å²) in [6, 6.07) is 26.4. The van der Waals surface area contributed by atoms with Gasteiger partial charge in [-0.3, -0.25) is 24.3 Å². The number of methoxy groups -OCH3 is 1. The number of aryl methyl sites for hydroxylation is 1. The summed E-state index contributed by atoms with van der Waals surface area (Å²) in [7, 11) is 6.65. The molecule has 13 heteroatoms. The summed E-state index contributed by atoms with van der Waals surface area (Å²) in [6.45, 7) is 4.95. The topological polar surface area (TPSA) is 127 Å². The van der Waals surface area contributed by atoms with Gasteiger partial charge in [0, 0.05) is 72.8 Å². The zero-order chi connectivity index (χ0) is 38.5. The number of fused-ring (bicyclic) bond motifs is 4. The fourth-order valence-electron chi connectivity index (χ4n) is 6.49. The van der Waals surface area contributed by atoms with Crippen LogP contribution in [0, 0.1) is 0 Å². The molecular weight excluding hydrogens is 733 g/mol. The highest BCUT2D eigenvalue weighted by Crippen LogP contribution is 2.41. The molecule has 2 aliphatic heterocycles. The van der Waals surface area contributed by atoms with Crippen LogP contribution < -0.4 is 25.0 Å². The number of nitrogens with zero attached hydrogens (tertiary/aromatic N) is 4. The molecule has 282 valence electrons. The van der Waals surface area contributed by atoms with Crippen molar-refractivity contribution in [2.24, 2.45) is 12.0 Å². The monoisotopic (exact) mass is 774 g/mol. The Morgan fingerprint density at radius 3 is 2.56 bits per heavy atom. The molecule has 0 radical (unpaired) electrons. The lowest BCUT2D eigenvalue weighted by Crippen LogP contribution is -2.37. The van der Waals surface area contributed by atoms with E-state index in [0.717, 1.165) is 27.4 Å². The van der Waals surface area contributed by atoms with Crippen molar-refractivity contribution in [3.8, 4) is 22.6 Å². The van der Waals surface area contributed by atoms with Gasteiger partial charge in [-0.2, -0.15) is 0 Å². The largest absolute Gasteiger partial charge is 0.493 e. The molecule has 2 N–H and O–H groups in total. The van der Waals surface area contributed by atoms with Crippen molar-refractivity contribution in [3.05, 3.63) is 114 Å². The zero-order valence-corrected chi connectivity index (χ0v) is 32.7. The number of carbonyl (C=O) groups excluding carboxylic acids is 3. The molecule has 2 aliphatic rings. The van der Waals surface area contributed by atoms with Gasteiger partial charge in [0.25, 0.3) is 11.8 Å². The minimum atomic E-state index is -0.209. The van der Waals surface area contributed by atoms with Crippen molar-refractivity contribution in [3.63, 3.8) is 0 Å². The molecule has 0 bridgehead atoms.